The molecule has 0 saturated carbocycles. The van der Waals surface area contributed by atoms with Gasteiger partial charge in [-0.25, -0.2) is 0 Å². The van der Waals surface area contributed by atoms with Crippen molar-refractivity contribution in [3.05, 3.63) is 65.2 Å². The summed E-state index contributed by atoms with van der Waals surface area (Å²) in [4.78, 5) is 29.6. The fraction of sp³-hybridized carbons (Fsp3) is 0.360. The smallest absolute Gasteiger partial charge is 0.295 e. The summed E-state index contributed by atoms with van der Waals surface area (Å²) in [6.45, 7) is 3.62. The molecule has 7 heteroatoms. The van der Waals surface area contributed by atoms with Gasteiger partial charge in [0.05, 0.1) is 25.3 Å². The summed E-state index contributed by atoms with van der Waals surface area (Å²) in [5.41, 5.74) is 1.24. The van der Waals surface area contributed by atoms with Gasteiger partial charge in [-0.1, -0.05) is 24.3 Å². The number of carbonyl (C=O) groups is 2. The Kier molecular flexibility index (Phi) is 7.53. The minimum absolute atomic E-state index is 0.0808. The zero-order valence-electron chi connectivity index (χ0n) is 19.0. The van der Waals surface area contributed by atoms with Crippen LogP contribution in [0, 0.1) is 0 Å². The predicted molar refractivity (Wildman–Crippen MR) is 123 cm³/mol. The van der Waals surface area contributed by atoms with E-state index in [-0.39, 0.29) is 11.3 Å². The third kappa shape index (κ3) is 4.94. The molecule has 1 heterocycles. The van der Waals surface area contributed by atoms with Crippen molar-refractivity contribution in [3.8, 4) is 11.5 Å². The Morgan fingerprint density at radius 3 is 2.44 bits per heavy atom. The fourth-order valence-electron chi connectivity index (χ4n) is 3.85. The van der Waals surface area contributed by atoms with Crippen molar-refractivity contribution in [3.63, 3.8) is 0 Å². The van der Waals surface area contributed by atoms with Crippen LogP contribution < -0.4 is 9.47 Å². The fourth-order valence-corrected chi connectivity index (χ4v) is 3.85. The van der Waals surface area contributed by atoms with E-state index >= 15 is 0 Å². The number of likely N-dealkylation sites (tertiary alicyclic amines) is 1. The van der Waals surface area contributed by atoms with Gasteiger partial charge in [-0.3, -0.25) is 9.59 Å². The normalized spacial score (nSPS) is 17.8. The lowest BCUT2D eigenvalue weighted by Gasteiger charge is -2.26. The van der Waals surface area contributed by atoms with Gasteiger partial charge in [0, 0.05) is 12.1 Å². The molecule has 1 saturated heterocycles. The number of aliphatic hydroxyl groups excluding tert-OH is 1. The molecule has 0 radical (unpaired) electrons. The number of aliphatic hydroxyl groups is 1. The lowest BCUT2D eigenvalue weighted by atomic mass is 9.95. The highest BCUT2D eigenvalue weighted by Gasteiger charge is 2.45. The van der Waals surface area contributed by atoms with Gasteiger partial charge in [0.1, 0.15) is 17.3 Å². The van der Waals surface area contributed by atoms with E-state index in [1.165, 1.54) is 7.11 Å². The van der Waals surface area contributed by atoms with E-state index in [0.717, 1.165) is 12.1 Å². The van der Waals surface area contributed by atoms with E-state index in [4.69, 9.17) is 9.47 Å². The maximum atomic E-state index is 13.1. The molecule has 2 aromatic rings. The summed E-state index contributed by atoms with van der Waals surface area (Å²) < 4.78 is 10.8. The van der Waals surface area contributed by atoms with E-state index in [0.29, 0.717) is 36.6 Å². The number of Topliss-reactive ketones (excluding diaryl/α,β-unsaturated/α-hetero) is 1. The zero-order chi connectivity index (χ0) is 23.3. The van der Waals surface area contributed by atoms with Crippen LogP contribution in [0.15, 0.2) is 54.1 Å². The molecular weight excluding hydrogens is 408 g/mol. The first-order valence-corrected chi connectivity index (χ1v) is 10.7. The topological polar surface area (TPSA) is 79.3 Å². The Hall–Kier alpha value is -3.32. The Morgan fingerprint density at radius 1 is 1.09 bits per heavy atom. The van der Waals surface area contributed by atoms with Crippen LogP contribution in [-0.2, 0) is 9.59 Å². The van der Waals surface area contributed by atoms with E-state index in [9.17, 15) is 14.7 Å². The Morgan fingerprint density at radius 2 is 1.81 bits per heavy atom. The van der Waals surface area contributed by atoms with Gasteiger partial charge in [-0.15, -0.1) is 0 Å². The van der Waals surface area contributed by atoms with Gasteiger partial charge in [0.25, 0.3) is 11.7 Å². The molecule has 2 aromatic carbocycles. The van der Waals surface area contributed by atoms with Crippen molar-refractivity contribution in [2.45, 2.75) is 19.4 Å². The van der Waals surface area contributed by atoms with Crippen LogP contribution in [-0.4, -0.2) is 67.5 Å². The number of methoxy groups -OCH3 is 1. The van der Waals surface area contributed by atoms with Crippen LogP contribution in [0.3, 0.4) is 0 Å². The highest BCUT2D eigenvalue weighted by Crippen LogP contribution is 2.40. The first-order valence-electron chi connectivity index (χ1n) is 10.7. The second-order valence-corrected chi connectivity index (χ2v) is 7.88. The summed E-state index contributed by atoms with van der Waals surface area (Å²) in [6, 6.07) is 13.4. The maximum absolute atomic E-state index is 13.1. The number of hydrogen-bond donors (Lipinski definition) is 1. The molecule has 170 valence electrons. The van der Waals surface area contributed by atoms with E-state index in [1.54, 1.807) is 29.2 Å². The van der Waals surface area contributed by atoms with Crippen LogP contribution in [0.5, 0.6) is 11.5 Å². The molecular formula is C25H30N2O5. The van der Waals surface area contributed by atoms with E-state index in [1.807, 2.05) is 50.2 Å². The van der Waals surface area contributed by atoms with Crippen LogP contribution in [0.1, 0.15) is 30.5 Å². The second-order valence-electron chi connectivity index (χ2n) is 7.88. The van der Waals surface area contributed by atoms with E-state index in [2.05, 4.69) is 0 Å². The Labute approximate surface area is 188 Å². The molecule has 1 unspecified atom stereocenters. The largest absolute Gasteiger partial charge is 0.507 e. The number of benzene rings is 2. The predicted octanol–water partition coefficient (Wildman–Crippen LogP) is 3.47. The van der Waals surface area contributed by atoms with Gasteiger partial charge in [-0.05, 0) is 63.8 Å². The molecule has 32 heavy (non-hydrogen) atoms. The quantitative estimate of drug-likeness (QED) is 0.367. The summed E-state index contributed by atoms with van der Waals surface area (Å²) in [7, 11) is 5.45. The van der Waals surface area contributed by atoms with Crippen molar-refractivity contribution >= 4 is 17.4 Å². The zero-order valence-corrected chi connectivity index (χ0v) is 19.0. The monoisotopic (exact) mass is 438 g/mol. The Balaban J connectivity index is 2.07. The number of amides is 1. The number of nitrogens with zero attached hydrogens (tertiary/aromatic N) is 2. The summed E-state index contributed by atoms with van der Waals surface area (Å²) >= 11 is 0. The highest BCUT2D eigenvalue weighted by atomic mass is 16.5. The Bertz CT molecular complexity index is 998. The molecule has 1 aliphatic rings. The third-order valence-corrected chi connectivity index (χ3v) is 5.39. The first kappa shape index (κ1) is 23.3. The van der Waals surface area contributed by atoms with Crippen LogP contribution in [0.2, 0.25) is 0 Å². The molecule has 0 aliphatic carbocycles. The SMILES string of the molecule is CCOc1ccc(C2/C(=C(/O)c3cccc(OC)c3)C(=O)C(=O)N2CCCN(C)C)cc1. The van der Waals surface area contributed by atoms with Crippen molar-refractivity contribution in [1.29, 1.82) is 0 Å². The van der Waals surface area contributed by atoms with Crippen molar-refractivity contribution < 1.29 is 24.2 Å². The van der Waals surface area contributed by atoms with E-state index < -0.39 is 17.7 Å². The van der Waals surface area contributed by atoms with Crippen LogP contribution >= 0.6 is 0 Å². The van der Waals surface area contributed by atoms with Gasteiger partial charge in [0.15, 0.2) is 0 Å². The van der Waals surface area contributed by atoms with Gasteiger partial charge >= 0.3 is 0 Å². The molecule has 1 N–H and O–H groups in total. The number of carbonyl (C=O) groups excluding carboxylic acids is 2. The summed E-state index contributed by atoms with van der Waals surface area (Å²) in [5.74, 6) is -0.252. The van der Waals surface area contributed by atoms with Crippen LogP contribution in [0.25, 0.3) is 5.76 Å². The van der Waals surface area contributed by atoms with Gasteiger partial charge in [-0.2, -0.15) is 0 Å². The van der Waals surface area contributed by atoms with Crippen molar-refractivity contribution in [1.82, 2.24) is 9.80 Å². The minimum atomic E-state index is -0.686. The lowest BCUT2D eigenvalue weighted by Crippen LogP contribution is -2.32. The number of hydrogen-bond acceptors (Lipinski definition) is 6. The van der Waals surface area contributed by atoms with Crippen LogP contribution in [0.4, 0.5) is 0 Å². The molecule has 0 aromatic heterocycles. The van der Waals surface area contributed by atoms with Gasteiger partial charge < -0.3 is 24.4 Å². The third-order valence-electron chi connectivity index (χ3n) is 5.39. The first-order chi connectivity index (χ1) is 15.4. The maximum Gasteiger partial charge on any atom is 0.295 e. The highest BCUT2D eigenvalue weighted by molar-refractivity contribution is 6.46. The molecule has 1 fully saturated rings. The number of rotatable bonds is 9. The second kappa shape index (κ2) is 10.3. The molecule has 1 atom stereocenters. The molecule has 3 rings (SSSR count). The summed E-state index contributed by atoms with van der Waals surface area (Å²) in [6.07, 6.45) is 0.701. The number of ketones is 1. The number of ether oxygens (including phenoxy) is 2. The van der Waals surface area contributed by atoms with Crippen molar-refractivity contribution in [2.75, 3.05) is 40.9 Å². The molecule has 0 bridgehead atoms. The standard InChI is InChI=1S/C25H30N2O5/c1-5-32-19-12-10-17(11-13-19)22-21(23(28)18-8-6-9-20(16-18)31-4)24(29)25(30)27(22)15-7-14-26(2)3/h6,8-13,16,22,28H,5,7,14-15H2,1-4H3/b23-21-. The molecule has 1 amide bonds. The lowest BCUT2D eigenvalue weighted by molar-refractivity contribution is -0.139. The average Bonchev–Trinajstić information content (AvgIpc) is 3.04. The molecule has 7 nitrogen and oxygen atoms in total. The van der Waals surface area contributed by atoms with Crippen molar-refractivity contribution in [2.24, 2.45) is 0 Å². The minimum Gasteiger partial charge on any atom is -0.507 e. The average molecular weight is 439 g/mol. The van der Waals surface area contributed by atoms with Gasteiger partial charge in [0.2, 0.25) is 0 Å². The summed E-state index contributed by atoms with van der Waals surface area (Å²) in [5, 5.41) is 11.1. The molecule has 0 spiro atoms. The molecule has 1 aliphatic heterocycles.